The number of hydrogen-bond donors (Lipinski definition) is 1. The van der Waals surface area contributed by atoms with Crippen molar-refractivity contribution in [1.29, 1.82) is 0 Å². The summed E-state index contributed by atoms with van der Waals surface area (Å²) in [5.41, 5.74) is 1.26. The van der Waals surface area contributed by atoms with Crippen LogP contribution in [0.2, 0.25) is 5.02 Å². The van der Waals surface area contributed by atoms with E-state index in [0.717, 1.165) is 0 Å². The summed E-state index contributed by atoms with van der Waals surface area (Å²) in [6.45, 7) is 1.49. The number of benzene rings is 2. The number of methoxy groups -OCH3 is 2. The first-order chi connectivity index (χ1) is 12.9. The summed E-state index contributed by atoms with van der Waals surface area (Å²) < 4.78 is 15.5. The predicted octanol–water partition coefficient (Wildman–Crippen LogP) is 3.94. The number of esters is 1. The van der Waals surface area contributed by atoms with Gasteiger partial charge < -0.3 is 19.5 Å². The Morgan fingerprint density at radius 2 is 1.63 bits per heavy atom. The van der Waals surface area contributed by atoms with E-state index in [2.05, 4.69) is 5.32 Å². The highest BCUT2D eigenvalue weighted by Crippen LogP contribution is 2.23. The van der Waals surface area contributed by atoms with Gasteiger partial charge in [-0.1, -0.05) is 11.6 Å². The quantitative estimate of drug-likeness (QED) is 0.573. The molecule has 0 radical (unpaired) electrons. The fraction of sp³-hybridized carbons (Fsp3) is 0.200. The maximum atomic E-state index is 12.1. The van der Waals surface area contributed by atoms with E-state index >= 15 is 0 Å². The first-order valence-corrected chi connectivity index (χ1v) is 8.47. The molecule has 1 amide bonds. The largest absolute Gasteiger partial charge is 0.497 e. The Kier molecular flexibility index (Phi) is 7.25. The lowest BCUT2D eigenvalue weighted by molar-refractivity contribution is -0.148. The summed E-state index contributed by atoms with van der Waals surface area (Å²) in [6, 6.07) is 11.8. The summed E-state index contributed by atoms with van der Waals surface area (Å²) in [7, 11) is 3.08. The van der Waals surface area contributed by atoms with Gasteiger partial charge in [0.1, 0.15) is 11.5 Å². The summed E-state index contributed by atoms with van der Waals surface area (Å²) in [4.78, 5) is 24.1. The van der Waals surface area contributed by atoms with E-state index in [1.54, 1.807) is 48.5 Å². The van der Waals surface area contributed by atoms with Crippen LogP contribution < -0.4 is 14.8 Å². The molecule has 6 nitrogen and oxygen atoms in total. The van der Waals surface area contributed by atoms with E-state index in [1.165, 1.54) is 27.2 Å². The molecule has 1 atom stereocenters. The van der Waals surface area contributed by atoms with Crippen molar-refractivity contribution < 1.29 is 23.8 Å². The van der Waals surface area contributed by atoms with Gasteiger partial charge in [0.25, 0.3) is 5.91 Å². The Morgan fingerprint density at radius 3 is 2.19 bits per heavy atom. The Balaban J connectivity index is 1.94. The highest BCUT2D eigenvalue weighted by molar-refractivity contribution is 6.30. The van der Waals surface area contributed by atoms with E-state index in [4.69, 9.17) is 25.8 Å². The van der Waals surface area contributed by atoms with Crippen molar-refractivity contribution in [1.82, 2.24) is 0 Å². The molecule has 0 aliphatic heterocycles. The smallest absolute Gasteiger partial charge is 0.331 e. The molecule has 0 spiro atoms. The first kappa shape index (κ1) is 20.3. The monoisotopic (exact) mass is 389 g/mol. The topological polar surface area (TPSA) is 73.9 Å². The molecule has 0 saturated carbocycles. The molecule has 2 aromatic rings. The lowest BCUT2D eigenvalue weighted by Gasteiger charge is -2.12. The van der Waals surface area contributed by atoms with Crippen LogP contribution in [-0.4, -0.2) is 32.2 Å². The zero-order valence-electron chi connectivity index (χ0n) is 15.2. The third-order valence-electron chi connectivity index (χ3n) is 3.56. The third-order valence-corrected chi connectivity index (χ3v) is 3.81. The van der Waals surface area contributed by atoms with Crippen LogP contribution in [0.3, 0.4) is 0 Å². The summed E-state index contributed by atoms with van der Waals surface area (Å²) >= 11 is 5.80. The van der Waals surface area contributed by atoms with Crippen LogP contribution in [-0.2, 0) is 14.3 Å². The standard InChI is InChI=1S/C20H20ClNO5/c1-13(20(24)22-16-7-5-15(21)6-8-16)27-19(23)9-4-14-10-17(25-2)12-18(11-14)26-3/h4-13H,1-3H3,(H,22,24)/b9-4+/t13-/m1/s1. The molecule has 0 fully saturated rings. The Labute approximate surface area is 162 Å². The average molecular weight is 390 g/mol. The molecule has 0 aromatic heterocycles. The third kappa shape index (κ3) is 6.34. The van der Waals surface area contributed by atoms with Gasteiger partial charge in [-0.05, 0) is 55.0 Å². The van der Waals surface area contributed by atoms with Crippen molar-refractivity contribution in [2.24, 2.45) is 0 Å². The molecule has 7 heteroatoms. The lowest BCUT2D eigenvalue weighted by atomic mass is 10.2. The normalized spacial score (nSPS) is 11.7. The molecule has 2 aromatic carbocycles. The first-order valence-electron chi connectivity index (χ1n) is 8.09. The minimum atomic E-state index is -0.960. The maximum Gasteiger partial charge on any atom is 0.331 e. The minimum Gasteiger partial charge on any atom is -0.497 e. The van der Waals surface area contributed by atoms with Crippen LogP contribution in [0.15, 0.2) is 48.5 Å². The highest BCUT2D eigenvalue weighted by Gasteiger charge is 2.16. The zero-order valence-corrected chi connectivity index (χ0v) is 15.9. The molecule has 0 unspecified atom stereocenters. The molecular formula is C20H20ClNO5. The van der Waals surface area contributed by atoms with Crippen LogP contribution in [0, 0.1) is 0 Å². The maximum absolute atomic E-state index is 12.1. The van der Waals surface area contributed by atoms with E-state index in [0.29, 0.717) is 27.8 Å². The zero-order chi connectivity index (χ0) is 19.8. The number of halogens is 1. The Bertz CT molecular complexity index is 811. The van der Waals surface area contributed by atoms with Crippen molar-refractivity contribution >= 4 is 35.2 Å². The average Bonchev–Trinajstić information content (AvgIpc) is 2.67. The lowest BCUT2D eigenvalue weighted by Crippen LogP contribution is -2.29. The number of amides is 1. The molecule has 142 valence electrons. The minimum absolute atomic E-state index is 0.442. The van der Waals surface area contributed by atoms with Gasteiger partial charge in [0.05, 0.1) is 14.2 Å². The van der Waals surface area contributed by atoms with Gasteiger partial charge in [0.2, 0.25) is 0 Å². The summed E-state index contributed by atoms with van der Waals surface area (Å²) in [5.74, 6) is 0.105. The van der Waals surface area contributed by atoms with Crippen LogP contribution >= 0.6 is 11.6 Å². The van der Waals surface area contributed by atoms with Gasteiger partial charge in [-0.2, -0.15) is 0 Å². The second-order valence-corrected chi connectivity index (χ2v) is 5.99. The predicted molar refractivity (Wildman–Crippen MR) is 104 cm³/mol. The van der Waals surface area contributed by atoms with Crippen LogP contribution in [0.1, 0.15) is 12.5 Å². The number of carbonyl (C=O) groups excluding carboxylic acids is 2. The van der Waals surface area contributed by atoms with E-state index in [-0.39, 0.29) is 0 Å². The van der Waals surface area contributed by atoms with Gasteiger partial charge in [0.15, 0.2) is 6.10 Å². The molecular weight excluding hydrogens is 370 g/mol. The van der Waals surface area contributed by atoms with Crippen molar-refractivity contribution in [3.05, 3.63) is 59.1 Å². The van der Waals surface area contributed by atoms with Gasteiger partial charge in [-0.25, -0.2) is 4.79 Å². The number of nitrogens with one attached hydrogen (secondary N) is 1. The number of rotatable bonds is 7. The van der Waals surface area contributed by atoms with Crippen LogP contribution in [0.25, 0.3) is 6.08 Å². The molecule has 2 rings (SSSR count). The number of carbonyl (C=O) groups is 2. The van der Waals surface area contributed by atoms with E-state index in [1.807, 2.05) is 0 Å². The second kappa shape index (κ2) is 9.64. The van der Waals surface area contributed by atoms with Gasteiger partial charge >= 0.3 is 5.97 Å². The fourth-order valence-corrected chi connectivity index (χ4v) is 2.26. The molecule has 0 aliphatic rings. The Hall–Kier alpha value is -2.99. The van der Waals surface area contributed by atoms with E-state index in [9.17, 15) is 9.59 Å². The molecule has 0 aliphatic carbocycles. The van der Waals surface area contributed by atoms with Crippen LogP contribution in [0.4, 0.5) is 5.69 Å². The van der Waals surface area contributed by atoms with Crippen molar-refractivity contribution in [2.45, 2.75) is 13.0 Å². The van der Waals surface area contributed by atoms with Crippen molar-refractivity contribution in [3.63, 3.8) is 0 Å². The fourth-order valence-electron chi connectivity index (χ4n) is 2.13. The number of hydrogen-bond acceptors (Lipinski definition) is 5. The van der Waals surface area contributed by atoms with E-state index < -0.39 is 18.0 Å². The summed E-state index contributed by atoms with van der Waals surface area (Å²) in [6.07, 6.45) is 1.83. The number of ether oxygens (including phenoxy) is 3. The molecule has 0 saturated heterocycles. The Morgan fingerprint density at radius 1 is 1.04 bits per heavy atom. The molecule has 0 bridgehead atoms. The van der Waals surface area contributed by atoms with Gasteiger partial charge in [-0.15, -0.1) is 0 Å². The van der Waals surface area contributed by atoms with Gasteiger partial charge in [0, 0.05) is 22.9 Å². The SMILES string of the molecule is COc1cc(/C=C/C(=O)O[C@H](C)C(=O)Nc2ccc(Cl)cc2)cc(OC)c1. The summed E-state index contributed by atoms with van der Waals surface area (Å²) in [5, 5.41) is 3.21. The number of anilines is 1. The van der Waals surface area contributed by atoms with Crippen LogP contribution in [0.5, 0.6) is 11.5 Å². The molecule has 1 N–H and O–H groups in total. The molecule has 27 heavy (non-hydrogen) atoms. The highest BCUT2D eigenvalue weighted by atomic mass is 35.5. The van der Waals surface area contributed by atoms with Crippen molar-refractivity contribution in [3.8, 4) is 11.5 Å². The second-order valence-electron chi connectivity index (χ2n) is 5.55. The van der Waals surface area contributed by atoms with Gasteiger partial charge in [-0.3, -0.25) is 4.79 Å². The van der Waals surface area contributed by atoms with Crippen molar-refractivity contribution in [2.75, 3.05) is 19.5 Å². The molecule has 0 heterocycles.